The maximum absolute atomic E-state index is 12.1. The highest BCUT2D eigenvalue weighted by molar-refractivity contribution is 8.13. The van der Waals surface area contributed by atoms with Gasteiger partial charge in [-0.15, -0.1) is 0 Å². The molecule has 116 valence electrons. The number of likely N-dealkylation sites (N-methyl/N-ethyl adjacent to an activating group) is 1. The Bertz CT molecular complexity index is 682. The van der Waals surface area contributed by atoms with Crippen LogP contribution in [0.2, 0.25) is 0 Å². The minimum absolute atomic E-state index is 0.198. The maximum Gasteiger partial charge on any atom is 0.410 e. The second kappa shape index (κ2) is 5.60. The van der Waals surface area contributed by atoms with Crippen molar-refractivity contribution in [2.75, 3.05) is 6.54 Å². The Morgan fingerprint density at radius 1 is 1.62 bits per heavy atom. The van der Waals surface area contributed by atoms with Gasteiger partial charge in [0.2, 0.25) is 10.8 Å². The third kappa shape index (κ3) is 3.50. The van der Waals surface area contributed by atoms with Crippen LogP contribution in [0.25, 0.3) is 0 Å². The predicted octanol–water partition coefficient (Wildman–Crippen LogP) is 0.730. The first-order valence-corrected chi connectivity index (χ1v) is 8.51. The Kier molecular flexibility index (Phi) is 4.19. The van der Waals surface area contributed by atoms with Gasteiger partial charge in [-0.2, -0.15) is 4.68 Å². The first-order valence-electron chi connectivity index (χ1n) is 6.20. The van der Waals surface area contributed by atoms with Crippen LogP contribution in [0.15, 0.2) is 11.1 Å². The molecule has 1 aromatic heterocycles. The van der Waals surface area contributed by atoms with Gasteiger partial charge in [-0.1, -0.05) is 0 Å². The fourth-order valence-corrected chi connectivity index (χ4v) is 2.93. The number of nitro groups is 1. The van der Waals surface area contributed by atoms with Gasteiger partial charge in [0.05, 0.1) is 11.3 Å². The van der Waals surface area contributed by atoms with Gasteiger partial charge in [0.15, 0.2) is 0 Å². The molecule has 2 rings (SSSR count). The van der Waals surface area contributed by atoms with Crippen molar-refractivity contribution >= 4 is 31.5 Å². The summed E-state index contributed by atoms with van der Waals surface area (Å²) in [5, 5.41) is 14.3. The summed E-state index contributed by atoms with van der Waals surface area (Å²) in [5.74, 6) is -1.15. The number of hydrogen-bond acceptors (Lipinski definition) is 6. The number of carbonyl (C=O) groups is 1. The average molecular weight is 337 g/mol. The summed E-state index contributed by atoms with van der Waals surface area (Å²) in [5.41, 5.74) is 0. The lowest BCUT2D eigenvalue weighted by Gasteiger charge is -2.19. The van der Waals surface area contributed by atoms with E-state index in [4.69, 9.17) is 10.7 Å². The third-order valence-corrected chi connectivity index (χ3v) is 4.40. The number of carbonyl (C=O) groups excluding carboxylic acids is 1. The molecule has 1 aromatic rings. The van der Waals surface area contributed by atoms with Gasteiger partial charge in [0.1, 0.15) is 6.54 Å². The molecule has 9 nitrogen and oxygen atoms in total. The van der Waals surface area contributed by atoms with Crippen LogP contribution >= 0.6 is 10.7 Å². The smallest absolute Gasteiger partial charge is 0.358 e. The molecular formula is C10H13ClN4O5S. The van der Waals surface area contributed by atoms with Crippen molar-refractivity contribution in [1.82, 2.24) is 14.7 Å². The lowest BCUT2D eigenvalue weighted by Crippen LogP contribution is -2.35. The molecule has 1 amide bonds. The molecule has 0 unspecified atom stereocenters. The second-order valence-electron chi connectivity index (χ2n) is 4.62. The molecule has 0 atom stereocenters. The standard InChI is InChI=1S/C10H13ClN4O5S/c1-2-14(7-3-4-7)9(16)6-13-5-8(21(11,19)20)10(12-13)15(17)18/h5,7H,2-4,6H2,1H3. The van der Waals surface area contributed by atoms with Gasteiger partial charge in [0, 0.05) is 23.3 Å². The zero-order chi connectivity index (χ0) is 15.8. The summed E-state index contributed by atoms with van der Waals surface area (Å²) in [6.07, 6.45) is 2.76. The van der Waals surface area contributed by atoms with Crippen LogP contribution < -0.4 is 0 Å². The van der Waals surface area contributed by atoms with Gasteiger partial charge >= 0.3 is 5.82 Å². The highest BCUT2D eigenvalue weighted by Gasteiger charge is 2.34. The van der Waals surface area contributed by atoms with Crippen molar-refractivity contribution in [1.29, 1.82) is 0 Å². The number of halogens is 1. The summed E-state index contributed by atoms with van der Waals surface area (Å²) < 4.78 is 23.5. The quantitative estimate of drug-likeness (QED) is 0.429. The van der Waals surface area contributed by atoms with E-state index in [0.717, 1.165) is 23.7 Å². The number of rotatable bonds is 6. The molecule has 0 saturated heterocycles. The van der Waals surface area contributed by atoms with Gasteiger partial charge in [-0.25, -0.2) is 8.42 Å². The van der Waals surface area contributed by atoms with E-state index in [1.165, 1.54) is 0 Å². The minimum Gasteiger partial charge on any atom is -0.358 e. The zero-order valence-electron chi connectivity index (χ0n) is 11.1. The molecule has 0 radical (unpaired) electrons. The second-order valence-corrected chi connectivity index (χ2v) is 7.15. The van der Waals surface area contributed by atoms with Crippen molar-refractivity contribution in [3.63, 3.8) is 0 Å². The SMILES string of the molecule is CCN(C(=O)Cn1cc(S(=O)(=O)Cl)c([N+](=O)[O-])n1)C1CC1. The van der Waals surface area contributed by atoms with Gasteiger partial charge in [0.25, 0.3) is 9.05 Å². The van der Waals surface area contributed by atoms with Crippen LogP contribution in [0.3, 0.4) is 0 Å². The molecule has 1 aliphatic rings. The van der Waals surface area contributed by atoms with Crippen LogP contribution in [0.4, 0.5) is 5.82 Å². The molecule has 1 fully saturated rings. The summed E-state index contributed by atoms with van der Waals surface area (Å²) in [6.45, 7) is 2.08. The van der Waals surface area contributed by atoms with Gasteiger partial charge in [-0.05, 0) is 24.7 Å². The Morgan fingerprint density at radius 3 is 2.62 bits per heavy atom. The number of nitrogens with zero attached hydrogens (tertiary/aromatic N) is 4. The molecule has 21 heavy (non-hydrogen) atoms. The Balaban J connectivity index is 2.25. The predicted molar refractivity (Wildman–Crippen MR) is 72.3 cm³/mol. The molecule has 1 aliphatic carbocycles. The van der Waals surface area contributed by atoms with E-state index in [2.05, 4.69) is 5.10 Å². The molecule has 0 aromatic carbocycles. The first-order chi connectivity index (χ1) is 9.74. The molecule has 0 spiro atoms. The molecular weight excluding hydrogens is 324 g/mol. The lowest BCUT2D eigenvalue weighted by atomic mass is 10.4. The lowest BCUT2D eigenvalue weighted by molar-refractivity contribution is -0.392. The van der Waals surface area contributed by atoms with Crippen molar-refractivity contribution in [3.8, 4) is 0 Å². The Labute approximate surface area is 125 Å². The summed E-state index contributed by atoms with van der Waals surface area (Å²) in [7, 11) is 0.826. The van der Waals surface area contributed by atoms with Crippen molar-refractivity contribution < 1.29 is 18.1 Å². The summed E-state index contributed by atoms with van der Waals surface area (Å²) >= 11 is 0. The monoisotopic (exact) mass is 336 g/mol. The van der Waals surface area contributed by atoms with Gasteiger partial charge < -0.3 is 15.0 Å². The van der Waals surface area contributed by atoms with Gasteiger partial charge in [-0.3, -0.25) is 4.79 Å². The van der Waals surface area contributed by atoms with Crippen LogP contribution in [0.5, 0.6) is 0 Å². The number of aromatic nitrogens is 2. The molecule has 1 saturated carbocycles. The van der Waals surface area contributed by atoms with Crippen LogP contribution in [-0.2, 0) is 20.4 Å². The largest absolute Gasteiger partial charge is 0.410 e. The van der Waals surface area contributed by atoms with Crippen LogP contribution in [-0.4, -0.2) is 46.5 Å². The van der Waals surface area contributed by atoms with E-state index in [9.17, 15) is 23.3 Å². The summed E-state index contributed by atoms with van der Waals surface area (Å²) in [6, 6.07) is 0.198. The van der Waals surface area contributed by atoms with Crippen LogP contribution in [0, 0.1) is 10.1 Å². The zero-order valence-corrected chi connectivity index (χ0v) is 12.7. The number of hydrogen-bond donors (Lipinski definition) is 0. The highest BCUT2D eigenvalue weighted by Crippen LogP contribution is 2.28. The third-order valence-electron chi connectivity index (χ3n) is 3.09. The average Bonchev–Trinajstić information content (AvgIpc) is 3.08. The molecule has 0 N–H and O–H groups in total. The van der Waals surface area contributed by atoms with Crippen molar-refractivity contribution in [2.24, 2.45) is 0 Å². The van der Waals surface area contributed by atoms with E-state index < -0.39 is 24.7 Å². The molecule has 0 bridgehead atoms. The van der Waals surface area contributed by atoms with E-state index in [1.54, 1.807) is 4.90 Å². The summed E-state index contributed by atoms with van der Waals surface area (Å²) in [4.78, 5) is 22.8. The van der Waals surface area contributed by atoms with Crippen molar-refractivity contribution in [2.45, 2.75) is 37.2 Å². The van der Waals surface area contributed by atoms with E-state index in [0.29, 0.717) is 6.54 Å². The van der Waals surface area contributed by atoms with Crippen LogP contribution in [0.1, 0.15) is 19.8 Å². The number of amides is 1. The normalized spacial score (nSPS) is 15.0. The molecule has 1 heterocycles. The molecule has 0 aliphatic heterocycles. The topological polar surface area (TPSA) is 115 Å². The van der Waals surface area contributed by atoms with E-state index in [1.807, 2.05) is 6.92 Å². The minimum atomic E-state index is -4.30. The maximum atomic E-state index is 12.1. The van der Waals surface area contributed by atoms with Crippen molar-refractivity contribution in [3.05, 3.63) is 16.3 Å². The fourth-order valence-electron chi connectivity index (χ4n) is 2.03. The fraction of sp³-hybridized carbons (Fsp3) is 0.600. The first kappa shape index (κ1) is 15.7. The molecule has 11 heteroatoms. The Morgan fingerprint density at radius 2 is 2.24 bits per heavy atom. The Hall–Kier alpha value is -1.68. The highest BCUT2D eigenvalue weighted by atomic mass is 35.7. The van der Waals surface area contributed by atoms with E-state index in [-0.39, 0.29) is 18.5 Å². The van der Waals surface area contributed by atoms with E-state index >= 15 is 0 Å².